The lowest BCUT2D eigenvalue weighted by atomic mass is 9.90. The third-order valence-corrected chi connectivity index (χ3v) is 4.01. The number of hydrogen-bond donors (Lipinski definition) is 1. The Bertz CT molecular complexity index is 272. The van der Waals surface area contributed by atoms with Crippen molar-refractivity contribution in [2.75, 3.05) is 46.0 Å². The molecule has 5 nitrogen and oxygen atoms in total. The van der Waals surface area contributed by atoms with Gasteiger partial charge in [-0.2, -0.15) is 0 Å². The van der Waals surface area contributed by atoms with Gasteiger partial charge in [0.1, 0.15) is 6.04 Å². The van der Waals surface area contributed by atoms with E-state index in [-0.39, 0.29) is 12.0 Å². The molecule has 0 saturated carbocycles. The first-order valence-electron chi connectivity index (χ1n) is 7.52. The van der Waals surface area contributed by atoms with Gasteiger partial charge in [0.2, 0.25) is 0 Å². The molecule has 0 spiro atoms. The van der Waals surface area contributed by atoms with Crippen molar-refractivity contribution in [2.24, 2.45) is 5.92 Å². The van der Waals surface area contributed by atoms with E-state index < -0.39 is 0 Å². The molecule has 1 atom stereocenters. The van der Waals surface area contributed by atoms with Gasteiger partial charge >= 0.3 is 5.97 Å². The van der Waals surface area contributed by atoms with Crippen molar-refractivity contribution in [3.8, 4) is 0 Å². The Labute approximate surface area is 115 Å². The number of hydrogen-bond acceptors (Lipinski definition) is 5. The average molecular weight is 270 g/mol. The molecule has 0 aromatic carbocycles. The Balaban J connectivity index is 2.04. The summed E-state index contributed by atoms with van der Waals surface area (Å²) in [5, 5.41) is 3.39. The summed E-state index contributed by atoms with van der Waals surface area (Å²) in [4.78, 5) is 14.6. The molecule has 2 saturated heterocycles. The minimum atomic E-state index is -0.0799. The fourth-order valence-corrected chi connectivity index (χ4v) is 3.04. The van der Waals surface area contributed by atoms with Gasteiger partial charge < -0.3 is 14.8 Å². The van der Waals surface area contributed by atoms with E-state index in [4.69, 9.17) is 9.47 Å². The number of ether oxygens (including phenoxy) is 2. The van der Waals surface area contributed by atoms with Gasteiger partial charge in [-0.05, 0) is 38.6 Å². The number of rotatable bonds is 4. The number of carbonyl (C=O) groups excluding carboxylic acids is 1. The molecular weight excluding hydrogens is 244 g/mol. The maximum atomic E-state index is 12.3. The van der Waals surface area contributed by atoms with Crippen LogP contribution < -0.4 is 5.32 Å². The SMILES string of the molecule is CCOC(=O)C(C1CCOCC1)N1CCCNCC1. The van der Waals surface area contributed by atoms with Crippen LogP contribution in [0, 0.1) is 5.92 Å². The van der Waals surface area contributed by atoms with Crippen LogP contribution in [-0.4, -0.2) is 62.9 Å². The highest BCUT2D eigenvalue weighted by molar-refractivity contribution is 5.76. The van der Waals surface area contributed by atoms with Gasteiger partial charge in [-0.25, -0.2) is 0 Å². The molecule has 0 radical (unpaired) electrons. The second-order valence-electron chi connectivity index (χ2n) is 5.29. The van der Waals surface area contributed by atoms with E-state index in [0.29, 0.717) is 12.5 Å². The minimum absolute atomic E-state index is 0.0451. The van der Waals surface area contributed by atoms with E-state index in [2.05, 4.69) is 10.2 Å². The molecule has 0 bridgehead atoms. The van der Waals surface area contributed by atoms with Crippen LogP contribution in [0.4, 0.5) is 0 Å². The lowest BCUT2D eigenvalue weighted by molar-refractivity contribution is -0.153. The van der Waals surface area contributed by atoms with Crippen LogP contribution >= 0.6 is 0 Å². The molecular formula is C14H26N2O3. The van der Waals surface area contributed by atoms with Crippen molar-refractivity contribution in [2.45, 2.75) is 32.2 Å². The summed E-state index contributed by atoms with van der Waals surface area (Å²) >= 11 is 0. The Morgan fingerprint density at radius 3 is 2.89 bits per heavy atom. The zero-order chi connectivity index (χ0) is 13.5. The highest BCUT2D eigenvalue weighted by Crippen LogP contribution is 2.24. The fraction of sp³-hybridized carbons (Fsp3) is 0.929. The lowest BCUT2D eigenvalue weighted by Crippen LogP contribution is -2.49. The van der Waals surface area contributed by atoms with Gasteiger partial charge in [0.05, 0.1) is 6.61 Å². The predicted molar refractivity (Wildman–Crippen MR) is 73.0 cm³/mol. The van der Waals surface area contributed by atoms with E-state index in [1.807, 2.05) is 6.92 Å². The van der Waals surface area contributed by atoms with Crippen LogP contribution in [0.25, 0.3) is 0 Å². The Morgan fingerprint density at radius 1 is 1.37 bits per heavy atom. The van der Waals surface area contributed by atoms with Crippen molar-refractivity contribution in [3.63, 3.8) is 0 Å². The third kappa shape index (κ3) is 4.16. The van der Waals surface area contributed by atoms with Crippen LogP contribution in [0.1, 0.15) is 26.2 Å². The second-order valence-corrected chi connectivity index (χ2v) is 5.29. The largest absolute Gasteiger partial charge is 0.465 e. The zero-order valence-electron chi connectivity index (χ0n) is 11.9. The maximum absolute atomic E-state index is 12.3. The van der Waals surface area contributed by atoms with Crippen molar-refractivity contribution in [1.29, 1.82) is 0 Å². The molecule has 0 aromatic heterocycles. The van der Waals surface area contributed by atoms with Crippen LogP contribution in [0.3, 0.4) is 0 Å². The van der Waals surface area contributed by atoms with Gasteiger partial charge in [0.25, 0.3) is 0 Å². The molecule has 2 heterocycles. The average Bonchev–Trinajstić information content (AvgIpc) is 2.70. The molecule has 5 heteroatoms. The molecule has 1 unspecified atom stereocenters. The molecule has 19 heavy (non-hydrogen) atoms. The summed E-state index contributed by atoms with van der Waals surface area (Å²) in [6, 6.07) is -0.0799. The molecule has 0 aromatic rings. The molecule has 2 rings (SSSR count). The topological polar surface area (TPSA) is 50.8 Å². The van der Waals surface area contributed by atoms with Crippen molar-refractivity contribution >= 4 is 5.97 Å². The van der Waals surface area contributed by atoms with Crippen LogP contribution in [-0.2, 0) is 14.3 Å². The number of nitrogens with one attached hydrogen (secondary N) is 1. The summed E-state index contributed by atoms with van der Waals surface area (Å²) in [5.74, 6) is 0.335. The predicted octanol–water partition coefficient (Wildman–Crippen LogP) is 0.640. The molecule has 2 aliphatic rings. The first-order valence-corrected chi connectivity index (χ1v) is 7.52. The quantitative estimate of drug-likeness (QED) is 0.760. The molecule has 110 valence electrons. The lowest BCUT2D eigenvalue weighted by Gasteiger charge is -2.36. The maximum Gasteiger partial charge on any atom is 0.323 e. The first-order chi connectivity index (χ1) is 9.33. The number of esters is 1. The molecule has 0 aliphatic carbocycles. The van der Waals surface area contributed by atoms with E-state index in [1.165, 1.54) is 0 Å². The van der Waals surface area contributed by atoms with E-state index in [0.717, 1.165) is 58.7 Å². The Hall–Kier alpha value is -0.650. The summed E-state index contributed by atoms with van der Waals surface area (Å²) < 4.78 is 10.7. The summed E-state index contributed by atoms with van der Waals surface area (Å²) in [7, 11) is 0. The van der Waals surface area contributed by atoms with Crippen molar-refractivity contribution in [3.05, 3.63) is 0 Å². The first kappa shape index (κ1) is 14.8. The summed E-state index contributed by atoms with van der Waals surface area (Å²) in [6.07, 6.45) is 3.03. The highest BCUT2D eigenvalue weighted by Gasteiger charge is 2.35. The zero-order valence-corrected chi connectivity index (χ0v) is 11.9. The van der Waals surface area contributed by atoms with Gasteiger partial charge in [0, 0.05) is 32.8 Å². The van der Waals surface area contributed by atoms with Gasteiger partial charge in [0.15, 0.2) is 0 Å². The van der Waals surface area contributed by atoms with Gasteiger partial charge in [-0.15, -0.1) is 0 Å². The van der Waals surface area contributed by atoms with Crippen molar-refractivity contribution in [1.82, 2.24) is 10.2 Å². The Morgan fingerprint density at radius 2 is 2.16 bits per heavy atom. The minimum Gasteiger partial charge on any atom is -0.465 e. The van der Waals surface area contributed by atoms with Crippen molar-refractivity contribution < 1.29 is 14.3 Å². The molecule has 1 N–H and O–H groups in total. The van der Waals surface area contributed by atoms with Crippen LogP contribution in [0.5, 0.6) is 0 Å². The van der Waals surface area contributed by atoms with Crippen LogP contribution in [0.15, 0.2) is 0 Å². The summed E-state index contributed by atoms with van der Waals surface area (Å²) in [5.41, 5.74) is 0. The van der Waals surface area contributed by atoms with Gasteiger partial charge in [-0.1, -0.05) is 0 Å². The van der Waals surface area contributed by atoms with Crippen LogP contribution in [0.2, 0.25) is 0 Å². The van der Waals surface area contributed by atoms with E-state index in [1.54, 1.807) is 0 Å². The number of carbonyl (C=O) groups is 1. The molecule has 2 fully saturated rings. The number of nitrogens with zero attached hydrogens (tertiary/aromatic N) is 1. The third-order valence-electron chi connectivity index (χ3n) is 4.01. The Kier molecular flexibility index (Phi) is 6.07. The standard InChI is InChI=1S/C14H26N2O3/c1-2-19-14(17)13(12-4-10-18-11-5-12)16-8-3-6-15-7-9-16/h12-13,15H,2-11H2,1H3. The normalized spacial score (nSPS) is 24.7. The summed E-state index contributed by atoms with van der Waals surface area (Å²) in [6.45, 7) is 7.79. The second kappa shape index (κ2) is 7.82. The highest BCUT2D eigenvalue weighted by atomic mass is 16.5. The molecule has 2 aliphatic heterocycles. The van der Waals surface area contributed by atoms with E-state index >= 15 is 0 Å². The molecule has 0 amide bonds. The fourth-order valence-electron chi connectivity index (χ4n) is 3.04. The van der Waals surface area contributed by atoms with E-state index in [9.17, 15) is 4.79 Å². The smallest absolute Gasteiger partial charge is 0.323 e. The monoisotopic (exact) mass is 270 g/mol. The van der Waals surface area contributed by atoms with Gasteiger partial charge in [-0.3, -0.25) is 9.69 Å².